The molecule has 1 aliphatic carbocycles. The number of amides is 2. The van der Waals surface area contributed by atoms with E-state index in [9.17, 15) is 9.59 Å². The number of rotatable bonds is 9. The second-order valence-corrected chi connectivity index (χ2v) is 7.47. The van der Waals surface area contributed by atoms with Crippen molar-refractivity contribution in [3.05, 3.63) is 65.7 Å². The largest absolute Gasteiger partial charge is 0.345 e. The highest BCUT2D eigenvalue weighted by Crippen LogP contribution is 2.29. The minimum atomic E-state index is -0.197. The Balaban J connectivity index is 1.63. The third-order valence-electron chi connectivity index (χ3n) is 5.12. The smallest absolute Gasteiger partial charge is 0.253 e. The van der Waals surface area contributed by atoms with Crippen molar-refractivity contribution < 1.29 is 9.59 Å². The maximum absolute atomic E-state index is 12.8. The molecule has 5 heteroatoms. The van der Waals surface area contributed by atoms with E-state index in [0.29, 0.717) is 17.8 Å². The summed E-state index contributed by atoms with van der Waals surface area (Å²) in [7, 11) is 0. The molecule has 5 nitrogen and oxygen atoms in total. The summed E-state index contributed by atoms with van der Waals surface area (Å²) in [6, 6.07) is 16.9. The fraction of sp³-hybridized carbons (Fsp3) is 0.391. The van der Waals surface area contributed by atoms with Gasteiger partial charge in [-0.25, -0.2) is 0 Å². The first-order valence-corrected chi connectivity index (χ1v) is 10.0. The van der Waals surface area contributed by atoms with Crippen LogP contribution in [0.5, 0.6) is 0 Å². The molecule has 0 aromatic heterocycles. The summed E-state index contributed by atoms with van der Waals surface area (Å²) in [6.07, 6.45) is 2.53. The van der Waals surface area contributed by atoms with Gasteiger partial charge in [-0.2, -0.15) is 0 Å². The van der Waals surface area contributed by atoms with Gasteiger partial charge in [0.15, 0.2) is 0 Å². The minimum absolute atomic E-state index is 0.0844. The van der Waals surface area contributed by atoms with Crippen LogP contribution >= 0.6 is 0 Å². The number of benzene rings is 2. The Morgan fingerprint density at radius 2 is 1.75 bits per heavy atom. The van der Waals surface area contributed by atoms with Gasteiger partial charge < -0.3 is 10.6 Å². The molecule has 1 unspecified atom stereocenters. The van der Waals surface area contributed by atoms with Crippen molar-refractivity contribution >= 4 is 17.5 Å². The van der Waals surface area contributed by atoms with Crippen LogP contribution in [0.25, 0.3) is 0 Å². The molecule has 1 aliphatic rings. The number of anilines is 1. The van der Waals surface area contributed by atoms with Crippen LogP contribution in [0.15, 0.2) is 54.6 Å². The minimum Gasteiger partial charge on any atom is -0.345 e. The van der Waals surface area contributed by atoms with Crippen molar-refractivity contribution in [3.63, 3.8) is 0 Å². The summed E-state index contributed by atoms with van der Waals surface area (Å²) in [5, 5.41) is 5.93. The van der Waals surface area contributed by atoms with Gasteiger partial charge in [-0.15, -0.1) is 0 Å². The fourth-order valence-corrected chi connectivity index (χ4v) is 3.25. The van der Waals surface area contributed by atoms with E-state index in [0.717, 1.165) is 24.6 Å². The van der Waals surface area contributed by atoms with Crippen LogP contribution in [0.1, 0.15) is 48.7 Å². The number of nitrogens with one attached hydrogen (secondary N) is 2. The van der Waals surface area contributed by atoms with E-state index >= 15 is 0 Å². The molecule has 3 rings (SSSR count). The van der Waals surface area contributed by atoms with Crippen molar-refractivity contribution in [1.82, 2.24) is 10.2 Å². The molecule has 0 bridgehead atoms. The second-order valence-electron chi connectivity index (χ2n) is 7.47. The van der Waals surface area contributed by atoms with Gasteiger partial charge in [-0.3, -0.25) is 14.5 Å². The molecule has 0 radical (unpaired) electrons. The van der Waals surface area contributed by atoms with Gasteiger partial charge >= 0.3 is 0 Å². The molecular weight excluding hydrogens is 350 g/mol. The molecule has 0 saturated heterocycles. The lowest BCUT2D eigenvalue weighted by atomic mass is 10.1. The Morgan fingerprint density at radius 1 is 1.07 bits per heavy atom. The molecule has 2 amide bonds. The van der Waals surface area contributed by atoms with Gasteiger partial charge in [0.05, 0.1) is 23.8 Å². The number of hydrogen-bond donors (Lipinski definition) is 2. The van der Waals surface area contributed by atoms with Crippen molar-refractivity contribution in [2.75, 3.05) is 25.0 Å². The Morgan fingerprint density at radius 3 is 2.43 bits per heavy atom. The van der Waals surface area contributed by atoms with E-state index in [-0.39, 0.29) is 17.9 Å². The highest BCUT2D eigenvalue weighted by atomic mass is 16.2. The van der Waals surface area contributed by atoms with Gasteiger partial charge in [0.2, 0.25) is 5.91 Å². The first-order valence-electron chi connectivity index (χ1n) is 10.0. The molecule has 148 valence electrons. The number of hydrogen-bond acceptors (Lipinski definition) is 3. The number of nitrogens with zero attached hydrogens (tertiary/aromatic N) is 1. The molecule has 0 aliphatic heterocycles. The monoisotopic (exact) mass is 379 g/mol. The average molecular weight is 380 g/mol. The van der Waals surface area contributed by atoms with Gasteiger partial charge in [0, 0.05) is 6.54 Å². The summed E-state index contributed by atoms with van der Waals surface area (Å²) in [4.78, 5) is 27.5. The molecular formula is C23H29N3O2. The average Bonchev–Trinajstić information content (AvgIpc) is 3.52. The molecule has 28 heavy (non-hydrogen) atoms. The summed E-state index contributed by atoms with van der Waals surface area (Å²) >= 11 is 0. The summed E-state index contributed by atoms with van der Waals surface area (Å²) < 4.78 is 0. The lowest BCUT2D eigenvalue weighted by Crippen LogP contribution is -2.35. The van der Waals surface area contributed by atoms with Crippen LogP contribution < -0.4 is 10.6 Å². The Hall–Kier alpha value is -2.66. The van der Waals surface area contributed by atoms with Crippen LogP contribution in [0.3, 0.4) is 0 Å². The van der Waals surface area contributed by atoms with Crippen molar-refractivity contribution in [2.45, 2.75) is 32.7 Å². The second kappa shape index (κ2) is 9.51. The lowest BCUT2D eigenvalue weighted by molar-refractivity contribution is -0.117. The standard InChI is InChI=1S/C23H29N3O2/c1-3-26(15-18-13-14-18)16-22(27)25-21-12-8-7-11-20(21)23(28)24-17(2)19-9-5-4-6-10-19/h4-12,17-18H,3,13-16H2,1-2H3,(H,24,28)(H,25,27). The van der Waals surface area contributed by atoms with E-state index in [1.807, 2.05) is 49.4 Å². The van der Waals surface area contributed by atoms with Gasteiger partial charge in [0.1, 0.15) is 0 Å². The van der Waals surface area contributed by atoms with E-state index in [2.05, 4.69) is 22.5 Å². The van der Waals surface area contributed by atoms with Crippen LogP contribution in [-0.2, 0) is 4.79 Å². The molecule has 0 heterocycles. The topological polar surface area (TPSA) is 61.4 Å². The predicted octanol–water partition coefficient (Wildman–Crippen LogP) is 3.85. The first kappa shape index (κ1) is 20.1. The van der Waals surface area contributed by atoms with E-state index in [1.165, 1.54) is 12.8 Å². The first-order chi connectivity index (χ1) is 13.6. The summed E-state index contributed by atoms with van der Waals surface area (Å²) in [5.74, 6) is 0.460. The molecule has 2 aromatic carbocycles. The zero-order valence-electron chi connectivity index (χ0n) is 16.7. The predicted molar refractivity (Wildman–Crippen MR) is 112 cm³/mol. The van der Waals surface area contributed by atoms with Gasteiger partial charge in [0.25, 0.3) is 5.91 Å². The maximum atomic E-state index is 12.8. The molecule has 2 aromatic rings. The zero-order valence-corrected chi connectivity index (χ0v) is 16.7. The zero-order chi connectivity index (χ0) is 19.9. The van der Waals surface area contributed by atoms with E-state index < -0.39 is 0 Å². The molecule has 0 spiro atoms. The summed E-state index contributed by atoms with van der Waals surface area (Å²) in [6.45, 7) is 6.19. The van der Waals surface area contributed by atoms with Gasteiger partial charge in [-0.1, -0.05) is 49.4 Å². The number of likely N-dealkylation sites (N-methyl/N-ethyl adjacent to an activating group) is 1. The van der Waals surface area contributed by atoms with Crippen LogP contribution in [0.4, 0.5) is 5.69 Å². The van der Waals surface area contributed by atoms with Crippen molar-refractivity contribution in [3.8, 4) is 0 Å². The SMILES string of the molecule is CCN(CC(=O)Nc1ccccc1C(=O)NC(C)c1ccccc1)CC1CC1. The van der Waals surface area contributed by atoms with Gasteiger partial charge in [-0.05, 0) is 49.9 Å². The van der Waals surface area contributed by atoms with Crippen molar-refractivity contribution in [2.24, 2.45) is 5.92 Å². The normalized spacial score (nSPS) is 14.5. The molecule has 1 atom stereocenters. The quantitative estimate of drug-likeness (QED) is 0.696. The van der Waals surface area contributed by atoms with Crippen LogP contribution in [0, 0.1) is 5.92 Å². The third kappa shape index (κ3) is 5.67. The van der Waals surface area contributed by atoms with E-state index in [4.69, 9.17) is 0 Å². The number of para-hydroxylation sites is 1. The number of carbonyl (C=O) groups is 2. The highest BCUT2D eigenvalue weighted by Gasteiger charge is 2.25. The van der Waals surface area contributed by atoms with Crippen LogP contribution in [0.2, 0.25) is 0 Å². The highest BCUT2D eigenvalue weighted by molar-refractivity contribution is 6.04. The van der Waals surface area contributed by atoms with E-state index in [1.54, 1.807) is 12.1 Å². The Bertz CT molecular complexity index is 803. The van der Waals surface area contributed by atoms with Crippen LogP contribution in [-0.4, -0.2) is 36.3 Å². The number of carbonyl (C=O) groups excluding carboxylic acids is 2. The Labute approximate surface area is 167 Å². The fourth-order valence-electron chi connectivity index (χ4n) is 3.25. The third-order valence-corrected chi connectivity index (χ3v) is 5.12. The molecule has 1 saturated carbocycles. The Kier molecular flexibility index (Phi) is 6.82. The maximum Gasteiger partial charge on any atom is 0.253 e. The summed E-state index contributed by atoms with van der Waals surface area (Å²) in [5.41, 5.74) is 2.06. The lowest BCUT2D eigenvalue weighted by Gasteiger charge is -2.20. The van der Waals surface area contributed by atoms with Crippen molar-refractivity contribution in [1.29, 1.82) is 0 Å². The molecule has 2 N–H and O–H groups in total. The molecule has 1 fully saturated rings.